The van der Waals surface area contributed by atoms with Crippen LogP contribution >= 0.6 is 0 Å². The average Bonchev–Trinajstić information content (AvgIpc) is 2.82. The van der Waals surface area contributed by atoms with Crippen molar-refractivity contribution < 1.29 is 18.9 Å². The highest BCUT2D eigenvalue weighted by Gasteiger charge is 2.27. The Morgan fingerprint density at radius 2 is 2.41 bits per heavy atom. The molecule has 0 unspecified atom stereocenters. The van der Waals surface area contributed by atoms with Crippen molar-refractivity contribution in [1.82, 2.24) is 5.01 Å². The number of ether oxygens (including phenoxy) is 1. The van der Waals surface area contributed by atoms with Gasteiger partial charge in [-0.15, -0.1) is 0 Å². The summed E-state index contributed by atoms with van der Waals surface area (Å²) in [6.45, 7) is 2.09. The second-order valence-corrected chi connectivity index (χ2v) is 3.45. The number of hydrogen-bond donors (Lipinski definition) is 0. The van der Waals surface area contributed by atoms with Crippen LogP contribution in [0.1, 0.15) is 12.7 Å². The molecule has 0 N–H and O–H groups in total. The number of carbonyl (C=O) groups is 1. The van der Waals surface area contributed by atoms with E-state index in [1.165, 1.54) is 18.3 Å². The lowest BCUT2D eigenvalue weighted by Gasteiger charge is -2.02. The van der Waals surface area contributed by atoms with E-state index < -0.39 is 11.0 Å². The minimum absolute atomic E-state index is 0.198. The quantitative estimate of drug-likeness (QED) is 0.450. The topological polar surface area (TPSA) is 98.2 Å². The Balaban J connectivity index is 2.05. The van der Waals surface area contributed by atoms with Crippen molar-refractivity contribution in [1.29, 1.82) is 0 Å². The van der Waals surface area contributed by atoms with Gasteiger partial charge in [-0.1, -0.05) is 0 Å². The van der Waals surface area contributed by atoms with Crippen LogP contribution in [0.2, 0.25) is 0 Å². The predicted molar refractivity (Wildman–Crippen MR) is 55.6 cm³/mol. The number of hydrogen-bond acceptors (Lipinski definition) is 6. The Labute approximate surface area is 95.6 Å². The number of hydrazone groups is 1. The number of nitro groups is 1. The minimum Gasteiger partial charge on any atom is -0.443 e. The summed E-state index contributed by atoms with van der Waals surface area (Å²) in [4.78, 5) is 20.9. The first-order chi connectivity index (χ1) is 8.06. The van der Waals surface area contributed by atoms with E-state index in [-0.39, 0.29) is 17.7 Å². The van der Waals surface area contributed by atoms with E-state index in [0.717, 1.165) is 5.01 Å². The Morgan fingerprint density at radius 1 is 1.65 bits per heavy atom. The molecule has 1 fully saturated rings. The molecule has 8 heteroatoms. The second kappa shape index (κ2) is 4.24. The molecule has 1 aromatic heterocycles. The number of furan rings is 1. The van der Waals surface area contributed by atoms with E-state index in [1.807, 2.05) is 0 Å². The molecule has 0 saturated carbocycles. The van der Waals surface area contributed by atoms with Gasteiger partial charge in [0.25, 0.3) is 0 Å². The summed E-state index contributed by atoms with van der Waals surface area (Å²) in [5.74, 6) is -0.173. The van der Waals surface area contributed by atoms with Gasteiger partial charge in [0.2, 0.25) is 0 Å². The lowest BCUT2D eigenvalue weighted by Crippen LogP contribution is -2.18. The lowest BCUT2D eigenvalue weighted by molar-refractivity contribution is -0.402. The summed E-state index contributed by atoms with van der Waals surface area (Å²) >= 11 is 0. The zero-order valence-electron chi connectivity index (χ0n) is 8.90. The van der Waals surface area contributed by atoms with Crippen LogP contribution < -0.4 is 0 Å². The van der Waals surface area contributed by atoms with Crippen molar-refractivity contribution in [3.63, 3.8) is 0 Å². The summed E-state index contributed by atoms with van der Waals surface area (Å²) in [6.07, 6.45) is 0.465. The van der Waals surface area contributed by atoms with Crippen LogP contribution in [-0.4, -0.2) is 34.9 Å². The van der Waals surface area contributed by atoms with Crippen molar-refractivity contribution in [2.75, 3.05) is 6.54 Å². The van der Waals surface area contributed by atoms with Gasteiger partial charge in [0.15, 0.2) is 5.76 Å². The van der Waals surface area contributed by atoms with Crippen LogP contribution in [0.5, 0.6) is 0 Å². The van der Waals surface area contributed by atoms with E-state index >= 15 is 0 Å². The normalized spacial score (nSPS) is 19.9. The summed E-state index contributed by atoms with van der Waals surface area (Å²) in [6, 6.07) is 2.61. The highest BCUT2D eigenvalue weighted by molar-refractivity contribution is 5.78. The van der Waals surface area contributed by atoms with Gasteiger partial charge in [-0.2, -0.15) is 10.1 Å². The van der Waals surface area contributed by atoms with E-state index in [4.69, 9.17) is 9.15 Å². The van der Waals surface area contributed by atoms with Gasteiger partial charge in [0, 0.05) is 0 Å². The minimum atomic E-state index is -0.649. The van der Waals surface area contributed by atoms with Crippen molar-refractivity contribution in [2.45, 2.75) is 13.0 Å². The maximum absolute atomic E-state index is 11.2. The molecule has 0 aliphatic carbocycles. The van der Waals surface area contributed by atoms with Gasteiger partial charge < -0.3 is 9.15 Å². The van der Waals surface area contributed by atoms with E-state index in [2.05, 4.69) is 5.10 Å². The number of carbonyl (C=O) groups excluding carboxylic acids is 1. The van der Waals surface area contributed by atoms with Crippen molar-refractivity contribution in [3.05, 3.63) is 28.0 Å². The second-order valence-electron chi connectivity index (χ2n) is 3.45. The van der Waals surface area contributed by atoms with Crippen LogP contribution in [0.4, 0.5) is 10.7 Å². The molecule has 8 nitrogen and oxygen atoms in total. The van der Waals surface area contributed by atoms with E-state index in [1.54, 1.807) is 6.92 Å². The summed E-state index contributed by atoms with van der Waals surface area (Å²) < 4.78 is 9.68. The molecule has 0 aromatic carbocycles. The van der Waals surface area contributed by atoms with Gasteiger partial charge in [0.1, 0.15) is 11.0 Å². The van der Waals surface area contributed by atoms with Crippen LogP contribution in [0.3, 0.4) is 0 Å². The first kappa shape index (κ1) is 11.1. The standard InChI is InChI=1S/C9H9N3O5/c1-6-5-11(9(13)16-6)10-4-7-2-3-8(17-7)12(14)15/h2-4,6H,5H2,1H3/b10-4+/t6-/m1/s1. The Hall–Kier alpha value is -2.38. The molecule has 1 atom stereocenters. The van der Waals surface area contributed by atoms with Gasteiger partial charge in [-0.3, -0.25) is 10.1 Å². The predicted octanol–water partition coefficient (Wildman–Crippen LogP) is 1.36. The van der Waals surface area contributed by atoms with Crippen molar-refractivity contribution in [3.8, 4) is 0 Å². The molecular weight excluding hydrogens is 230 g/mol. The SMILES string of the molecule is C[C@@H]1CN(/N=C/c2ccc([N+](=O)[O-])o2)C(=O)O1. The van der Waals surface area contributed by atoms with Crippen LogP contribution in [-0.2, 0) is 4.74 Å². The number of rotatable bonds is 3. The molecular formula is C9H9N3O5. The molecule has 0 spiro atoms. The Morgan fingerprint density at radius 3 is 2.94 bits per heavy atom. The molecule has 1 aliphatic heterocycles. The average molecular weight is 239 g/mol. The highest BCUT2D eigenvalue weighted by atomic mass is 16.6. The molecule has 90 valence electrons. The summed E-state index contributed by atoms with van der Waals surface area (Å²) in [5, 5.41) is 15.3. The van der Waals surface area contributed by atoms with E-state index in [9.17, 15) is 14.9 Å². The zero-order chi connectivity index (χ0) is 12.4. The maximum Gasteiger partial charge on any atom is 0.433 e. The fourth-order valence-electron chi connectivity index (χ4n) is 1.32. The van der Waals surface area contributed by atoms with Crippen LogP contribution in [0.15, 0.2) is 21.7 Å². The van der Waals surface area contributed by atoms with Gasteiger partial charge >= 0.3 is 12.0 Å². The van der Waals surface area contributed by atoms with Gasteiger partial charge in [0.05, 0.1) is 18.8 Å². The van der Waals surface area contributed by atoms with Gasteiger partial charge in [-0.25, -0.2) is 4.79 Å². The molecule has 0 radical (unpaired) electrons. The Kier molecular flexibility index (Phi) is 2.77. The molecule has 1 aliphatic rings. The zero-order valence-corrected chi connectivity index (χ0v) is 8.90. The van der Waals surface area contributed by atoms with Crippen molar-refractivity contribution >= 4 is 18.2 Å². The molecule has 2 heterocycles. The molecule has 2 rings (SSSR count). The molecule has 1 saturated heterocycles. The third kappa shape index (κ3) is 2.41. The largest absolute Gasteiger partial charge is 0.443 e. The number of cyclic esters (lactones) is 1. The Bertz CT molecular complexity index is 481. The molecule has 1 aromatic rings. The maximum atomic E-state index is 11.2. The number of nitrogens with zero attached hydrogens (tertiary/aromatic N) is 3. The third-order valence-corrected chi connectivity index (χ3v) is 2.06. The highest BCUT2D eigenvalue weighted by Crippen LogP contribution is 2.15. The monoisotopic (exact) mass is 239 g/mol. The fourth-order valence-corrected chi connectivity index (χ4v) is 1.32. The molecule has 17 heavy (non-hydrogen) atoms. The van der Waals surface area contributed by atoms with E-state index in [0.29, 0.717) is 6.54 Å². The van der Waals surface area contributed by atoms with Gasteiger partial charge in [-0.05, 0) is 13.0 Å². The van der Waals surface area contributed by atoms with Crippen LogP contribution in [0, 0.1) is 10.1 Å². The smallest absolute Gasteiger partial charge is 0.433 e. The summed E-state index contributed by atoms with van der Waals surface area (Å²) in [7, 11) is 0. The first-order valence-electron chi connectivity index (χ1n) is 4.82. The third-order valence-electron chi connectivity index (χ3n) is 2.06. The molecule has 1 amide bonds. The van der Waals surface area contributed by atoms with Crippen molar-refractivity contribution in [2.24, 2.45) is 5.10 Å². The fraction of sp³-hybridized carbons (Fsp3) is 0.333. The summed E-state index contributed by atoms with van der Waals surface area (Å²) in [5.41, 5.74) is 0. The van der Waals surface area contributed by atoms with Crippen LogP contribution in [0.25, 0.3) is 0 Å². The lowest BCUT2D eigenvalue weighted by atomic mass is 10.4. The first-order valence-corrected chi connectivity index (χ1v) is 4.82. The molecule has 0 bridgehead atoms. The number of amides is 1.